The number of aliphatic hydroxyl groups is 1. The van der Waals surface area contributed by atoms with Crippen LogP contribution < -0.4 is 16.0 Å². The number of nitrogens with one attached hydrogen (secondary N) is 3. The standard InChI is InChI=1S/C29H37B3FN7O4/c1-26(2,43)23(33)16-36-24(41)19-15-35-21(22-4-3-18-11-17(13-34)14-37-40(18)22)12-20(19)38-27-5-8-28(9-6-27,10-7-27)39-25(42)44-29(30,31)32/h3-4,11-12,14-15,23,43H,5-10,16,30-32H2,1-2H3,(H,35,38)(H,36,41)(H,39,42)/t23-,27?,28?/m1/s1. The first-order chi connectivity index (χ1) is 20.6. The molecule has 3 aromatic rings. The number of anilines is 1. The molecule has 15 heteroatoms. The van der Waals surface area contributed by atoms with E-state index in [9.17, 15) is 24.3 Å². The highest BCUT2D eigenvalue weighted by molar-refractivity contribution is 6.58. The fraction of sp³-hybridized carbons (Fsp3) is 0.483. The van der Waals surface area contributed by atoms with Crippen LogP contribution in [0.25, 0.3) is 16.9 Å². The summed E-state index contributed by atoms with van der Waals surface area (Å²) in [6.07, 6.45) is 5.42. The zero-order valence-corrected chi connectivity index (χ0v) is 25.8. The lowest BCUT2D eigenvalue weighted by Gasteiger charge is -2.54. The van der Waals surface area contributed by atoms with Gasteiger partial charge < -0.3 is 25.8 Å². The van der Waals surface area contributed by atoms with Crippen molar-refractivity contribution in [1.82, 2.24) is 25.2 Å². The molecular weight excluding hydrogens is 562 g/mol. The Kier molecular flexibility index (Phi) is 8.18. The second kappa shape index (κ2) is 11.5. The van der Waals surface area contributed by atoms with Gasteiger partial charge in [-0.2, -0.15) is 10.4 Å². The Balaban J connectivity index is 1.42. The van der Waals surface area contributed by atoms with E-state index in [1.54, 1.807) is 16.6 Å². The van der Waals surface area contributed by atoms with E-state index in [2.05, 4.69) is 32.1 Å². The molecule has 0 spiro atoms. The molecule has 0 aliphatic heterocycles. The first kappa shape index (κ1) is 31.4. The molecule has 2 amide bonds. The number of carbonyl (C=O) groups excluding carboxylic acids is 2. The predicted molar refractivity (Wildman–Crippen MR) is 171 cm³/mol. The molecule has 3 heterocycles. The van der Waals surface area contributed by atoms with Crippen LogP contribution in [-0.2, 0) is 4.74 Å². The van der Waals surface area contributed by atoms with Crippen molar-refractivity contribution in [1.29, 1.82) is 5.26 Å². The van der Waals surface area contributed by atoms with E-state index >= 15 is 0 Å². The van der Waals surface area contributed by atoms with Gasteiger partial charge in [-0.05, 0) is 76.6 Å². The average molecular weight is 599 g/mol. The summed E-state index contributed by atoms with van der Waals surface area (Å²) in [5.74, 6) is -0.515. The third-order valence-corrected chi connectivity index (χ3v) is 8.66. The number of nitrogens with zero attached hydrogens (tertiary/aromatic N) is 4. The zero-order valence-electron chi connectivity index (χ0n) is 25.8. The Morgan fingerprint density at radius 2 is 1.80 bits per heavy atom. The summed E-state index contributed by atoms with van der Waals surface area (Å²) in [6.45, 7) is 2.35. The lowest BCUT2D eigenvalue weighted by Crippen LogP contribution is -2.61. The summed E-state index contributed by atoms with van der Waals surface area (Å²) in [7, 11) is 5.52. The number of rotatable bonds is 9. The number of pyridine rings is 1. The fourth-order valence-electron chi connectivity index (χ4n) is 6.03. The van der Waals surface area contributed by atoms with E-state index in [1.807, 2.05) is 35.7 Å². The van der Waals surface area contributed by atoms with Gasteiger partial charge in [0.2, 0.25) is 0 Å². The Hall–Kier alpha value is -4.05. The van der Waals surface area contributed by atoms with Gasteiger partial charge in [0.15, 0.2) is 0 Å². The van der Waals surface area contributed by atoms with E-state index in [0.29, 0.717) is 22.6 Å². The van der Waals surface area contributed by atoms with Gasteiger partial charge in [0.1, 0.15) is 35.8 Å². The minimum Gasteiger partial charge on any atom is -0.471 e. The highest BCUT2D eigenvalue weighted by atomic mass is 19.1. The number of halogens is 1. The lowest BCUT2D eigenvalue weighted by atomic mass is 9.52. The normalized spacial score (nSPS) is 22.2. The second-order valence-corrected chi connectivity index (χ2v) is 13.7. The minimum absolute atomic E-state index is 0.251. The molecule has 0 radical (unpaired) electrons. The largest absolute Gasteiger partial charge is 0.471 e. The van der Waals surface area contributed by atoms with Gasteiger partial charge in [-0.15, -0.1) is 0 Å². The van der Waals surface area contributed by atoms with Gasteiger partial charge in [-0.3, -0.25) is 9.78 Å². The van der Waals surface area contributed by atoms with E-state index in [0.717, 1.165) is 44.0 Å². The van der Waals surface area contributed by atoms with E-state index in [1.165, 1.54) is 26.2 Å². The van der Waals surface area contributed by atoms with Gasteiger partial charge in [-0.1, -0.05) is 0 Å². The van der Waals surface area contributed by atoms with E-state index in [-0.39, 0.29) is 23.2 Å². The topological polar surface area (TPSA) is 154 Å². The number of fused-ring (bicyclic) bond motifs is 4. The zero-order chi connectivity index (χ0) is 31.9. The quantitative estimate of drug-likeness (QED) is 0.261. The summed E-state index contributed by atoms with van der Waals surface area (Å²) in [5, 5.41) is 32.5. The number of hydrogen-bond donors (Lipinski definition) is 4. The molecule has 6 rings (SSSR count). The molecular formula is C29H37B3FN7O4. The number of aromatic nitrogens is 3. The van der Waals surface area contributed by atoms with Crippen molar-refractivity contribution in [3.63, 3.8) is 0 Å². The number of ether oxygens (including phenoxy) is 1. The third-order valence-electron chi connectivity index (χ3n) is 8.66. The molecule has 3 saturated carbocycles. The Morgan fingerprint density at radius 3 is 2.41 bits per heavy atom. The maximum Gasteiger partial charge on any atom is 0.405 e. The molecule has 44 heavy (non-hydrogen) atoms. The summed E-state index contributed by atoms with van der Waals surface area (Å²) < 4.78 is 21.7. The second-order valence-electron chi connectivity index (χ2n) is 13.7. The molecule has 4 N–H and O–H groups in total. The lowest BCUT2D eigenvalue weighted by molar-refractivity contribution is -0.00178. The van der Waals surface area contributed by atoms with Gasteiger partial charge in [0.05, 0.1) is 52.1 Å². The molecule has 11 nitrogen and oxygen atoms in total. The number of carbonyl (C=O) groups is 2. The van der Waals surface area contributed by atoms with Gasteiger partial charge >= 0.3 is 6.09 Å². The Labute approximate surface area is 258 Å². The van der Waals surface area contributed by atoms with Crippen molar-refractivity contribution >= 4 is 46.7 Å². The summed E-state index contributed by atoms with van der Waals surface area (Å²) in [4.78, 5) is 30.5. The van der Waals surface area contributed by atoms with E-state index in [4.69, 9.17) is 4.74 Å². The number of nitriles is 1. The molecule has 0 aromatic carbocycles. The first-order valence-corrected chi connectivity index (χ1v) is 14.9. The number of hydrogen-bond acceptors (Lipinski definition) is 8. The first-order valence-electron chi connectivity index (χ1n) is 14.9. The summed E-state index contributed by atoms with van der Waals surface area (Å²) in [5.41, 5.74) is 0.945. The molecule has 3 aromatic heterocycles. The maximum atomic E-state index is 14.5. The predicted octanol–water partition coefficient (Wildman–Crippen LogP) is 0.601. The van der Waals surface area contributed by atoms with Gasteiger partial charge in [0.25, 0.3) is 5.91 Å². The number of alkyl carbamates (subject to hydrolysis) is 1. The highest BCUT2D eigenvalue weighted by Gasteiger charge is 2.50. The average Bonchev–Trinajstić information content (AvgIpc) is 3.38. The molecule has 0 unspecified atom stereocenters. The van der Waals surface area contributed by atoms with Crippen LogP contribution in [-0.4, -0.2) is 89.9 Å². The molecule has 1 atom stereocenters. The molecule has 2 bridgehead atoms. The minimum atomic E-state index is -1.66. The number of alkyl halides is 1. The monoisotopic (exact) mass is 599 g/mol. The van der Waals surface area contributed by atoms with Crippen molar-refractivity contribution in [2.24, 2.45) is 0 Å². The number of amides is 2. The molecule has 3 aliphatic carbocycles. The third kappa shape index (κ3) is 6.70. The molecule has 0 saturated heterocycles. The summed E-state index contributed by atoms with van der Waals surface area (Å²) in [6, 6.07) is 9.31. The molecule has 3 fully saturated rings. The summed E-state index contributed by atoms with van der Waals surface area (Å²) >= 11 is 0. The van der Waals surface area contributed by atoms with Crippen LogP contribution in [0.1, 0.15) is 68.3 Å². The van der Waals surface area contributed by atoms with E-state index < -0.39 is 29.1 Å². The van der Waals surface area contributed by atoms with Crippen molar-refractivity contribution in [2.75, 3.05) is 11.9 Å². The van der Waals surface area contributed by atoms with Crippen molar-refractivity contribution in [3.05, 3.63) is 47.8 Å². The van der Waals surface area contributed by atoms with Crippen LogP contribution >= 0.6 is 0 Å². The Bertz CT molecular complexity index is 1610. The molecule has 3 aliphatic rings. The van der Waals surface area contributed by atoms with Crippen LogP contribution in [0.4, 0.5) is 14.9 Å². The SMILES string of the molecule is BC(B)(B)OC(=O)NC12CCC(Nc3cc(-c4ccc5cc(C#N)cnn45)ncc3C(=O)NC[C@@H](F)C(C)(C)O)(CC1)CC2. The van der Waals surface area contributed by atoms with Crippen LogP contribution in [0, 0.1) is 11.3 Å². The van der Waals surface area contributed by atoms with Crippen LogP contribution in [0.15, 0.2) is 36.7 Å². The highest BCUT2D eigenvalue weighted by Crippen LogP contribution is 2.49. The van der Waals surface area contributed by atoms with Crippen LogP contribution in [0.5, 0.6) is 0 Å². The maximum absolute atomic E-state index is 14.5. The molecule has 228 valence electrons. The van der Waals surface area contributed by atoms with Gasteiger partial charge in [-0.25, -0.2) is 13.7 Å². The smallest absolute Gasteiger partial charge is 0.405 e. The van der Waals surface area contributed by atoms with Crippen LogP contribution in [0.3, 0.4) is 0 Å². The van der Waals surface area contributed by atoms with Crippen LogP contribution in [0.2, 0.25) is 0 Å². The van der Waals surface area contributed by atoms with Crippen molar-refractivity contribution in [3.8, 4) is 17.5 Å². The van der Waals surface area contributed by atoms with Crippen molar-refractivity contribution in [2.45, 2.75) is 80.5 Å². The van der Waals surface area contributed by atoms with Gasteiger partial charge in [0, 0.05) is 22.6 Å². The Morgan fingerprint density at radius 1 is 1.14 bits per heavy atom. The van der Waals surface area contributed by atoms with Crippen molar-refractivity contribution < 1.29 is 23.8 Å². The fourth-order valence-corrected chi connectivity index (χ4v) is 6.03.